The second-order valence-electron chi connectivity index (χ2n) is 7.48. The largest absolute Gasteiger partial charge is 0.381 e. The van der Waals surface area contributed by atoms with E-state index in [0.29, 0.717) is 12.0 Å². The van der Waals surface area contributed by atoms with Crippen LogP contribution in [0.15, 0.2) is 35.3 Å². The zero-order valence-corrected chi connectivity index (χ0v) is 19.1. The summed E-state index contributed by atoms with van der Waals surface area (Å²) < 4.78 is 5.45. The van der Waals surface area contributed by atoms with E-state index >= 15 is 0 Å². The normalized spacial score (nSPS) is 21.9. The molecule has 8 heteroatoms. The van der Waals surface area contributed by atoms with Crippen LogP contribution in [0, 0.1) is 5.92 Å². The summed E-state index contributed by atoms with van der Waals surface area (Å²) in [6, 6.07) is 10.8. The van der Waals surface area contributed by atoms with Crippen LogP contribution in [0.4, 0.5) is 5.69 Å². The van der Waals surface area contributed by atoms with E-state index in [1.54, 1.807) is 19.0 Å². The highest BCUT2D eigenvalue weighted by Gasteiger charge is 2.24. The average molecular weight is 501 g/mol. The summed E-state index contributed by atoms with van der Waals surface area (Å²) in [4.78, 5) is 20.4. The third-order valence-corrected chi connectivity index (χ3v) is 5.10. The molecule has 156 valence electrons. The molecule has 28 heavy (non-hydrogen) atoms. The molecule has 0 spiro atoms. The molecule has 0 aromatic heterocycles. The molecule has 0 aliphatic carbocycles. The summed E-state index contributed by atoms with van der Waals surface area (Å²) in [6.07, 6.45) is 2.12. The third-order valence-electron chi connectivity index (χ3n) is 5.10. The van der Waals surface area contributed by atoms with E-state index in [-0.39, 0.29) is 36.4 Å². The number of carbonyl (C=O) groups excluding carboxylic acids is 1. The first-order valence-corrected chi connectivity index (χ1v) is 9.74. The lowest BCUT2D eigenvalue weighted by atomic mass is 10.1. The van der Waals surface area contributed by atoms with E-state index in [4.69, 9.17) is 4.74 Å². The fraction of sp³-hybridized carbons (Fsp3) is 0.600. The van der Waals surface area contributed by atoms with Gasteiger partial charge >= 0.3 is 0 Å². The summed E-state index contributed by atoms with van der Waals surface area (Å²) in [7, 11) is 3.51. The van der Waals surface area contributed by atoms with Crippen LogP contribution in [0.5, 0.6) is 0 Å². The number of guanidine groups is 1. The number of ether oxygens (including phenoxy) is 1. The molecular formula is C20H32IN5O2. The van der Waals surface area contributed by atoms with Crippen molar-refractivity contribution in [2.24, 2.45) is 10.9 Å². The second-order valence-corrected chi connectivity index (χ2v) is 7.48. The molecule has 2 saturated heterocycles. The van der Waals surface area contributed by atoms with Crippen LogP contribution in [0.3, 0.4) is 0 Å². The van der Waals surface area contributed by atoms with Gasteiger partial charge in [-0.2, -0.15) is 0 Å². The fourth-order valence-corrected chi connectivity index (χ4v) is 3.37. The van der Waals surface area contributed by atoms with Gasteiger partial charge in [0.05, 0.1) is 6.61 Å². The maximum atomic E-state index is 11.9. The number of likely N-dealkylation sites (N-methyl/N-ethyl adjacent to an activating group) is 1. The van der Waals surface area contributed by atoms with Crippen LogP contribution in [0.2, 0.25) is 0 Å². The first-order valence-electron chi connectivity index (χ1n) is 9.74. The Bertz CT molecular complexity index is 635. The Kier molecular flexibility index (Phi) is 9.30. The zero-order valence-electron chi connectivity index (χ0n) is 16.8. The molecule has 3 rings (SSSR count). The predicted octanol–water partition coefficient (Wildman–Crippen LogP) is 1.54. The van der Waals surface area contributed by atoms with E-state index < -0.39 is 0 Å². The van der Waals surface area contributed by atoms with E-state index in [9.17, 15) is 4.79 Å². The Labute approximate surface area is 184 Å². The van der Waals surface area contributed by atoms with Crippen molar-refractivity contribution in [1.82, 2.24) is 15.5 Å². The van der Waals surface area contributed by atoms with Crippen LogP contribution in [0.25, 0.3) is 0 Å². The Morgan fingerprint density at radius 3 is 2.75 bits per heavy atom. The number of aliphatic imine (C=N–C) groups is 1. The first kappa shape index (κ1) is 22.7. The highest BCUT2D eigenvalue weighted by atomic mass is 127. The van der Waals surface area contributed by atoms with Crippen molar-refractivity contribution in [1.29, 1.82) is 0 Å². The molecule has 2 heterocycles. The maximum absolute atomic E-state index is 11.9. The van der Waals surface area contributed by atoms with Crippen molar-refractivity contribution in [3.63, 3.8) is 0 Å². The van der Waals surface area contributed by atoms with E-state index in [1.165, 1.54) is 5.69 Å². The molecule has 2 aliphatic rings. The molecule has 0 saturated carbocycles. The lowest BCUT2D eigenvalue weighted by Gasteiger charge is -2.21. The fourth-order valence-electron chi connectivity index (χ4n) is 3.37. The number of carbonyl (C=O) groups is 1. The van der Waals surface area contributed by atoms with Gasteiger partial charge in [0.25, 0.3) is 0 Å². The second kappa shape index (κ2) is 11.5. The first-order chi connectivity index (χ1) is 13.1. The Morgan fingerprint density at radius 2 is 2.07 bits per heavy atom. The number of rotatable bonds is 6. The van der Waals surface area contributed by atoms with Gasteiger partial charge in [0, 0.05) is 58.0 Å². The summed E-state index contributed by atoms with van der Waals surface area (Å²) in [5.74, 6) is 1.22. The topological polar surface area (TPSA) is 69.2 Å². The lowest BCUT2D eigenvalue weighted by molar-refractivity contribution is -0.127. The monoisotopic (exact) mass is 501 g/mol. The summed E-state index contributed by atoms with van der Waals surface area (Å²) >= 11 is 0. The smallest absolute Gasteiger partial charge is 0.243 e. The number of para-hydroxylation sites is 1. The number of amides is 1. The molecule has 2 atom stereocenters. The lowest BCUT2D eigenvalue weighted by Crippen LogP contribution is -2.46. The number of hydrogen-bond acceptors (Lipinski definition) is 4. The highest BCUT2D eigenvalue weighted by Crippen LogP contribution is 2.19. The van der Waals surface area contributed by atoms with Gasteiger partial charge < -0.3 is 25.2 Å². The van der Waals surface area contributed by atoms with Crippen molar-refractivity contribution in [2.45, 2.75) is 18.9 Å². The van der Waals surface area contributed by atoms with Gasteiger partial charge in [0.15, 0.2) is 5.96 Å². The molecule has 7 nitrogen and oxygen atoms in total. The van der Waals surface area contributed by atoms with Gasteiger partial charge in [-0.15, -0.1) is 24.0 Å². The molecule has 0 bridgehead atoms. The number of hydrogen-bond donors (Lipinski definition) is 2. The number of halogens is 1. The van der Waals surface area contributed by atoms with Gasteiger partial charge in [0.1, 0.15) is 6.54 Å². The van der Waals surface area contributed by atoms with Crippen LogP contribution in [-0.4, -0.2) is 76.3 Å². The average Bonchev–Trinajstić information content (AvgIpc) is 3.36. The zero-order chi connectivity index (χ0) is 19.1. The minimum atomic E-state index is -0.00219. The molecule has 2 N–H and O–H groups in total. The molecule has 1 aromatic rings. The van der Waals surface area contributed by atoms with E-state index in [1.807, 2.05) is 6.07 Å². The van der Waals surface area contributed by atoms with Crippen LogP contribution in [-0.2, 0) is 9.53 Å². The molecule has 2 aliphatic heterocycles. The summed E-state index contributed by atoms with van der Waals surface area (Å²) in [5.41, 5.74) is 1.25. The van der Waals surface area contributed by atoms with Gasteiger partial charge in [-0.05, 0) is 25.0 Å². The van der Waals surface area contributed by atoms with Crippen molar-refractivity contribution >= 4 is 41.5 Å². The van der Waals surface area contributed by atoms with Crippen LogP contribution >= 0.6 is 24.0 Å². The SMILES string of the molecule is CN(C)C(=O)CN=C(NCC1CCOC1)NC1CCN(c2ccccc2)C1.I. The molecule has 1 aromatic carbocycles. The standard InChI is InChI=1S/C20H31N5O2.HI/c1-24(2)19(26)13-22-20(21-12-16-9-11-27-15-16)23-17-8-10-25(14-17)18-6-4-3-5-7-18;/h3-7,16-17H,8-15H2,1-2H3,(H2,21,22,23);1H. The molecule has 0 radical (unpaired) electrons. The molecule has 2 unspecified atom stereocenters. The number of anilines is 1. The van der Waals surface area contributed by atoms with Gasteiger partial charge in [-0.1, -0.05) is 18.2 Å². The molecule has 2 fully saturated rings. The number of benzene rings is 1. The maximum Gasteiger partial charge on any atom is 0.243 e. The quantitative estimate of drug-likeness (QED) is 0.352. The van der Waals surface area contributed by atoms with Crippen molar-refractivity contribution in [3.8, 4) is 0 Å². The summed E-state index contributed by atoms with van der Waals surface area (Å²) in [6.45, 7) is 4.54. The van der Waals surface area contributed by atoms with Gasteiger partial charge in [-0.3, -0.25) is 4.79 Å². The third kappa shape index (κ3) is 6.80. The predicted molar refractivity (Wildman–Crippen MR) is 124 cm³/mol. The van der Waals surface area contributed by atoms with Crippen LogP contribution in [0.1, 0.15) is 12.8 Å². The van der Waals surface area contributed by atoms with Crippen molar-refractivity contribution in [2.75, 3.05) is 58.4 Å². The van der Waals surface area contributed by atoms with Crippen molar-refractivity contribution < 1.29 is 9.53 Å². The highest BCUT2D eigenvalue weighted by molar-refractivity contribution is 14.0. The summed E-state index contributed by atoms with van der Waals surface area (Å²) in [5, 5.41) is 6.93. The van der Waals surface area contributed by atoms with Crippen molar-refractivity contribution in [3.05, 3.63) is 30.3 Å². The Morgan fingerprint density at radius 1 is 1.29 bits per heavy atom. The van der Waals surface area contributed by atoms with E-state index in [2.05, 4.69) is 44.8 Å². The Balaban J connectivity index is 0.00000280. The van der Waals surface area contributed by atoms with Gasteiger partial charge in [0.2, 0.25) is 5.91 Å². The number of nitrogens with one attached hydrogen (secondary N) is 2. The minimum Gasteiger partial charge on any atom is -0.381 e. The molecule has 1 amide bonds. The number of nitrogens with zero attached hydrogens (tertiary/aromatic N) is 3. The minimum absolute atomic E-state index is 0. The van der Waals surface area contributed by atoms with E-state index in [0.717, 1.165) is 51.6 Å². The Hall–Kier alpha value is -1.55. The van der Waals surface area contributed by atoms with Gasteiger partial charge in [-0.25, -0.2) is 4.99 Å². The molecular weight excluding hydrogens is 469 g/mol. The van der Waals surface area contributed by atoms with Crippen LogP contribution < -0.4 is 15.5 Å².